The molecule has 0 radical (unpaired) electrons. The topological polar surface area (TPSA) is 86.4 Å². The van der Waals surface area contributed by atoms with Gasteiger partial charge in [-0.1, -0.05) is 0 Å². The van der Waals surface area contributed by atoms with Gasteiger partial charge in [0.2, 0.25) is 5.91 Å². The Bertz CT molecular complexity index is 711. The molecule has 4 aliphatic rings. The van der Waals surface area contributed by atoms with Gasteiger partial charge in [-0.15, -0.1) is 0 Å². The highest BCUT2D eigenvalue weighted by molar-refractivity contribution is 5.75. The number of carbonyl (C=O) groups is 2. The maximum absolute atomic E-state index is 13.0. The number of fused-ring (bicyclic) bond motifs is 1. The Kier molecular flexibility index (Phi) is 7.53. The van der Waals surface area contributed by atoms with Gasteiger partial charge in [0.15, 0.2) is 0 Å². The van der Waals surface area contributed by atoms with Crippen molar-refractivity contribution in [3.05, 3.63) is 0 Å². The standard InChI is InChI=1S/C24H43N5O4/c1-14(2)32-24(31)28-11-15(3)29(18(6)30)22-8-7-19(9-23(22)28)20-10-25-27(12-20)13-21-16(4)26-33-17(21)5/h14-17,19-23,25-26H,7-13H2,1-6H3/t15-,16?,17?,19?,20?,21?,22?,23?/m0/s1. The highest BCUT2D eigenvalue weighted by Crippen LogP contribution is 2.40. The van der Waals surface area contributed by atoms with E-state index in [9.17, 15) is 9.59 Å². The summed E-state index contributed by atoms with van der Waals surface area (Å²) >= 11 is 0. The third-order valence-electron chi connectivity index (χ3n) is 8.26. The van der Waals surface area contributed by atoms with E-state index >= 15 is 0 Å². The molecule has 7 unspecified atom stereocenters. The molecule has 0 aromatic carbocycles. The molecule has 9 heteroatoms. The van der Waals surface area contributed by atoms with Gasteiger partial charge >= 0.3 is 6.09 Å². The van der Waals surface area contributed by atoms with Crippen molar-refractivity contribution in [3.8, 4) is 0 Å². The maximum atomic E-state index is 13.0. The van der Waals surface area contributed by atoms with E-state index in [0.29, 0.717) is 30.3 Å². The second kappa shape index (κ2) is 10.1. The minimum atomic E-state index is -0.237. The first-order valence-corrected chi connectivity index (χ1v) is 12.8. The molecule has 3 aliphatic heterocycles. The number of hydrazine groups is 1. The molecular formula is C24H43N5O4. The third kappa shape index (κ3) is 5.16. The van der Waals surface area contributed by atoms with Gasteiger partial charge in [0.05, 0.1) is 24.3 Å². The van der Waals surface area contributed by atoms with E-state index in [4.69, 9.17) is 9.57 Å². The van der Waals surface area contributed by atoms with Gasteiger partial charge < -0.3 is 14.5 Å². The van der Waals surface area contributed by atoms with E-state index in [0.717, 1.165) is 38.9 Å². The lowest BCUT2D eigenvalue weighted by atomic mass is 9.73. The van der Waals surface area contributed by atoms with Crippen molar-refractivity contribution < 1.29 is 19.2 Å². The van der Waals surface area contributed by atoms with Gasteiger partial charge in [-0.05, 0) is 65.7 Å². The number of hydrogen-bond donors (Lipinski definition) is 2. The van der Waals surface area contributed by atoms with Crippen LogP contribution in [0, 0.1) is 17.8 Å². The average molecular weight is 466 g/mol. The Hall–Kier alpha value is -1.42. The summed E-state index contributed by atoms with van der Waals surface area (Å²) < 4.78 is 5.60. The molecule has 188 valence electrons. The van der Waals surface area contributed by atoms with Gasteiger partial charge in [-0.3, -0.25) is 15.1 Å². The molecule has 0 aromatic rings. The van der Waals surface area contributed by atoms with Crippen LogP contribution < -0.4 is 10.9 Å². The quantitative estimate of drug-likeness (QED) is 0.657. The smallest absolute Gasteiger partial charge is 0.410 e. The number of nitrogens with zero attached hydrogens (tertiary/aromatic N) is 3. The summed E-state index contributed by atoms with van der Waals surface area (Å²) in [5.74, 6) is 1.63. The van der Waals surface area contributed by atoms with Crippen LogP contribution in [-0.4, -0.2) is 89.4 Å². The monoisotopic (exact) mass is 465 g/mol. The summed E-state index contributed by atoms with van der Waals surface area (Å²) in [6.45, 7) is 15.3. The molecule has 2 N–H and O–H groups in total. The van der Waals surface area contributed by atoms with E-state index < -0.39 is 0 Å². The summed E-state index contributed by atoms with van der Waals surface area (Å²) in [6.07, 6.45) is 2.77. The largest absolute Gasteiger partial charge is 0.447 e. The number of amides is 2. The molecule has 1 aliphatic carbocycles. The maximum Gasteiger partial charge on any atom is 0.410 e. The molecule has 0 aromatic heterocycles. The molecule has 9 nitrogen and oxygen atoms in total. The minimum absolute atomic E-state index is 0.00914. The Balaban J connectivity index is 1.43. The van der Waals surface area contributed by atoms with Crippen LogP contribution in [-0.2, 0) is 14.4 Å². The summed E-state index contributed by atoms with van der Waals surface area (Å²) in [4.78, 5) is 35.0. The van der Waals surface area contributed by atoms with Crippen LogP contribution in [0.15, 0.2) is 0 Å². The van der Waals surface area contributed by atoms with Crippen LogP contribution in [0.1, 0.15) is 60.8 Å². The summed E-state index contributed by atoms with van der Waals surface area (Å²) in [5, 5.41) is 2.36. The van der Waals surface area contributed by atoms with Crippen LogP contribution in [0.25, 0.3) is 0 Å². The number of carbonyl (C=O) groups excluding carboxylic acids is 2. The predicted molar refractivity (Wildman–Crippen MR) is 125 cm³/mol. The van der Waals surface area contributed by atoms with E-state index in [1.165, 1.54) is 0 Å². The minimum Gasteiger partial charge on any atom is -0.447 e. The molecule has 1 saturated carbocycles. The Morgan fingerprint density at radius 2 is 1.85 bits per heavy atom. The van der Waals surface area contributed by atoms with Crippen LogP contribution >= 0.6 is 0 Å². The molecule has 4 rings (SSSR count). The number of ether oxygens (including phenoxy) is 1. The zero-order valence-corrected chi connectivity index (χ0v) is 21.1. The zero-order valence-electron chi connectivity index (χ0n) is 21.1. The Labute approximate surface area is 198 Å². The van der Waals surface area contributed by atoms with Gasteiger partial charge in [0, 0.05) is 51.1 Å². The molecule has 0 bridgehead atoms. The van der Waals surface area contributed by atoms with E-state index in [2.05, 4.69) is 29.8 Å². The number of piperazine rings is 1. The number of hydroxylamine groups is 1. The van der Waals surface area contributed by atoms with Crippen LogP contribution in [0.2, 0.25) is 0 Å². The van der Waals surface area contributed by atoms with Crippen molar-refractivity contribution in [3.63, 3.8) is 0 Å². The molecule has 33 heavy (non-hydrogen) atoms. The highest BCUT2D eigenvalue weighted by atomic mass is 16.7. The summed E-state index contributed by atoms with van der Waals surface area (Å²) in [7, 11) is 0. The first kappa shape index (κ1) is 24.7. The second-order valence-electron chi connectivity index (χ2n) is 11.0. The van der Waals surface area contributed by atoms with Crippen molar-refractivity contribution in [2.45, 2.75) is 97.2 Å². The summed E-state index contributed by atoms with van der Waals surface area (Å²) in [6, 6.07) is 0.459. The first-order valence-electron chi connectivity index (χ1n) is 12.8. The normalized spacial score (nSPS) is 39.7. The lowest BCUT2D eigenvalue weighted by molar-refractivity contribution is -0.142. The van der Waals surface area contributed by atoms with Gasteiger partial charge in [-0.25, -0.2) is 9.80 Å². The molecule has 0 spiro atoms. The van der Waals surface area contributed by atoms with Gasteiger partial charge in [-0.2, -0.15) is 5.48 Å². The van der Waals surface area contributed by atoms with Crippen LogP contribution in [0.5, 0.6) is 0 Å². The van der Waals surface area contributed by atoms with Crippen molar-refractivity contribution in [2.75, 3.05) is 26.2 Å². The zero-order chi connectivity index (χ0) is 23.9. The first-order chi connectivity index (χ1) is 15.7. The number of hydrogen-bond acceptors (Lipinski definition) is 7. The molecule has 2 amide bonds. The van der Waals surface area contributed by atoms with E-state index in [1.807, 2.05) is 30.6 Å². The molecule has 3 heterocycles. The SMILES string of the molecule is CC(=O)N1C2CCC(C3CNN(CC4C(C)NOC4C)C3)CC2N(C(=O)OC(C)C)C[C@@H]1C. The molecule has 3 saturated heterocycles. The molecule has 4 fully saturated rings. The number of nitrogens with one attached hydrogen (secondary N) is 2. The summed E-state index contributed by atoms with van der Waals surface area (Å²) in [5.41, 5.74) is 6.73. The highest BCUT2D eigenvalue weighted by Gasteiger charge is 2.48. The lowest BCUT2D eigenvalue weighted by Crippen LogP contribution is -2.67. The van der Waals surface area contributed by atoms with Crippen molar-refractivity contribution in [1.29, 1.82) is 0 Å². The Morgan fingerprint density at radius 3 is 2.48 bits per heavy atom. The van der Waals surface area contributed by atoms with Gasteiger partial charge in [0.25, 0.3) is 0 Å². The van der Waals surface area contributed by atoms with Gasteiger partial charge in [0.1, 0.15) is 0 Å². The van der Waals surface area contributed by atoms with Crippen molar-refractivity contribution in [2.24, 2.45) is 17.8 Å². The van der Waals surface area contributed by atoms with Crippen molar-refractivity contribution in [1.82, 2.24) is 25.7 Å². The average Bonchev–Trinajstić information content (AvgIpc) is 3.34. The lowest BCUT2D eigenvalue weighted by Gasteiger charge is -2.54. The number of rotatable bonds is 4. The fourth-order valence-electron chi connectivity index (χ4n) is 6.58. The van der Waals surface area contributed by atoms with Crippen LogP contribution in [0.4, 0.5) is 4.79 Å². The van der Waals surface area contributed by atoms with E-state index in [1.54, 1.807) is 6.92 Å². The fourth-order valence-corrected chi connectivity index (χ4v) is 6.58. The fraction of sp³-hybridized carbons (Fsp3) is 0.917. The second-order valence-corrected chi connectivity index (χ2v) is 11.0. The molecular weight excluding hydrogens is 422 g/mol. The van der Waals surface area contributed by atoms with E-state index in [-0.39, 0.29) is 42.3 Å². The third-order valence-corrected chi connectivity index (χ3v) is 8.26. The van der Waals surface area contributed by atoms with Crippen molar-refractivity contribution >= 4 is 12.0 Å². The molecule has 8 atom stereocenters. The van der Waals surface area contributed by atoms with Crippen LogP contribution in [0.3, 0.4) is 0 Å². The Morgan fingerprint density at radius 1 is 1.09 bits per heavy atom. The predicted octanol–water partition coefficient (Wildman–Crippen LogP) is 1.99.